The molecule has 1 aromatic carbocycles. The van der Waals surface area contributed by atoms with Crippen molar-refractivity contribution in [2.24, 2.45) is 5.92 Å². The van der Waals surface area contributed by atoms with Crippen molar-refractivity contribution in [3.05, 3.63) is 29.8 Å². The summed E-state index contributed by atoms with van der Waals surface area (Å²) < 4.78 is 0. The number of rotatable bonds is 7. The fourth-order valence-electron chi connectivity index (χ4n) is 2.63. The molecule has 2 unspecified atom stereocenters. The number of anilines is 1. The Morgan fingerprint density at radius 1 is 1.32 bits per heavy atom. The maximum absolute atomic E-state index is 3.65. The molecule has 0 amide bonds. The van der Waals surface area contributed by atoms with Crippen molar-refractivity contribution in [2.75, 3.05) is 18.0 Å². The average molecular weight is 260 g/mol. The van der Waals surface area contributed by atoms with E-state index in [-0.39, 0.29) is 0 Å². The summed E-state index contributed by atoms with van der Waals surface area (Å²) >= 11 is 0. The predicted molar refractivity (Wildman–Crippen MR) is 83.8 cm³/mol. The Morgan fingerprint density at radius 2 is 2.05 bits per heavy atom. The van der Waals surface area contributed by atoms with E-state index in [4.69, 9.17) is 0 Å². The minimum absolute atomic E-state index is 0.568. The van der Waals surface area contributed by atoms with Crippen molar-refractivity contribution in [3.63, 3.8) is 0 Å². The zero-order valence-electron chi connectivity index (χ0n) is 12.8. The molecule has 0 saturated heterocycles. The van der Waals surface area contributed by atoms with Crippen molar-refractivity contribution < 1.29 is 0 Å². The van der Waals surface area contributed by atoms with Gasteiger partial charge in [-0.15, -0.1) is 0 Å². The molecule has 1 aliphatic carbocycles. The maximum atomic E-state index is 3.65. The zero-order valence-corrected chi connectivity index (χ0v) is 12.8. The van der Waals surface area contributed by atoms with Crippen LogP contribution in [0.25, 0.3) is 0 Å². The van der Waals surface area contributed by atoms with Crippen LogP contribution in [0, 0.1) is 12.8 Å². The molecule has 0 radical (unpaired) electrons. The lowest BCUT2D eigenvalue weighted by Crippen LogP contribution is -2.41. The van der Waals surface area contributed by atoms with Gasteiger partial charge in [-0.3, -0.25) is 0 Å². The van der Waals surface area contributed by atoms with Crippen molar-refractivity contribution in [1.82, 2.24) is 5.32 Å². The molecular formula is C17H28N2. The third kappa shape index (κ3) is 3.97. The first-order valence-electron chi connectivity index (χ1n) is 7.68. The highest BCUT2D eigenvalue weighted by Crippen LogP contribution is 2.23. The van der Waals surface area contributed by atoms with Gasteiger partial charge in [0.25, 0.3) is 0 Å². The molecular weight excluding hydrogens is 232 g/mol. The topological polar surface area (TPSA) is 15.3 Å². The lowest BCUT2D eigenvalue weighted by atomic mass is 10.0. The van der Waals surface area contributed by atoms with Gasteiger partial charge in [0, 0.05) is 24.3 Å². The van der Waals surface area contributed by atoms with E-state index < -0.39 is 0 Å². The van der Waals surface area contributed by atoms with E-state index in [1.54, 1.807) is 0 Å². The number of hydrogen-bond acceptors (Lipinski definition) is 2. The van der Waals surface area contributed by atoms with Gasteiger partial charge in [-0.25, -0.2) is 0 Å². The van der Waals surface area contributed by atoms with Crippen LogP contribution in [0.4, 0.5) is 5.69 Å². The lowest BCUT2D eigenvalue weighted by molar-refractivity contribution is 0.422. The maximum Gasteiger partial charge on any atom is 0.0371 e. The van der Waals surface area contributed by atoms with E-state index in [1.165, 1.54) is 24.1 Å². The number of hydrogen-bond donors (Lipinski definition) is 1. The van der Waals surface area contributed by atoms with Gasteiger partial charge in [0.05, 0.1) is 0 Å². The van der Waals surface area contributed by atoms with Gasteiger partial charge in [0.1, 0.15) is 0 Å². The molecule has 1 N–H and O–H groups in total. The molecule has 2 rings (SSSR count). The molecule has 0 aliphatic heterocycles. The summed E-state index contributed by atoms with van der Waals surface area (Å²) in [7, 11) is 0. The SMILES string of the molecule is CCN(c1cccc(C)c1)C(C)C(C)CNC1CC1. The molecule has 0 spiro atoms. The van der Waals surface area contributed by atoms with Gasteiger partial charge in [-0.1, -0.05) is 19.1 Å². The largest absolute Gasteiger partial charge is 0.369 e. The van der Waals surface area contributed by atoms with Crippen molar-refractivity contribution in [3.8, 4) is 0 Å². The molecule has 1 fully saturated rings. The molecule has 2 nitrogen and oxygen atoms in total. The van der Waals surface area contributed by atoms with Crippen LogP contribution >= 0.6 is 0 Å². The van der Waals surface area contributed by atoms with E-state index in [9.17, 15) is 0 Å². The number of benzene rings is 1. The van der Waals surface area contributed by atoms with Crippen molar-refractivity contribution in [2.45, 2.75) is 52.6 Å². The second-order valence-corrected chi connectivity index (χ2v) is 6.03. The Hall–Kier alpha value is -1.02. The van der Waals surface area contributed by atoms with Crippen LogP contribution in [-0.4, -0.2) is 25.2 Å². The molecule has 106 valence electrons. The quantitative estimate of drug-likeness (QED) is 0.806. The molecule has 0 aromatic heterocycles. The third-order valence-electron chi connectivity index (χ3n) is 4.29. The highest BCUT2D eigenvalue weighted by Gasteiger charge is 2.24. The first kappa shape index (κ1) is 14.4. The van der Waals surface area contributed by atoms with Crippen LogP contribution in [0.1, 0.15) is 39.2 Å². The van der Waals surface area contributed by atoms with Gasteiger partial charge in [0.2, 0.25) is 0 Å². The Labute approximate surface area is 118 Å². The Balaban J connectivity index is 1.98. The average Bonchev–Trinajstić information content (AvgIpc) is 3.21. The number of nitrogens with zero attached hydrogens (tertiary/aromatic N) is 1. The Kier molecular flexibility index (Phi) is 4.87. The molecule has 1 saturated carbocycles. The molecule has 1 aromatic rings. The minimum Gasteiger partial charge on any atom is -0.369 e. The molecule has 0 bridgehead atoms. The number of aryl methyl sites for hydroxylation is 1. The van der Waals surface area contributed by atoms with E-state index in [1.807, 2.05) is 0 Å². The first-order chi connectivity index (χ1) is 9.11. The monoisotopic (exact) mass is 260 g/mol. The summed E-state index contributed by atoms with van der Waals surface area (Å²) in [6, 6.07) is 10.2. The van der Waals surface area contributed by atoms with Crippen molar-refractivity contribution >= 4 is 5.69 Å². The summed E-state index contributed by atoms with van der Waals surface area (Å²) in [6.45, 7) is 11.3. The second kappa shape index (κ2) is 6.42. The Morgan fingerprint density at radius 3 is 2.63 bits per heavy atom. The normalized spacial score (nSPS) is 18.1. The van der Waals surface area contributed by atoms with E-state index in [2.05, 4.69) is 62.2 Å². The standard InChI is InChI=1S/C17H28N2/c1-5-19(17-8-6-7-13(2)11-17)15(4)14(3)12-18-16-9-10-16/h6-8,11,14-16,18H,5,9-10,12H2,1-4H3. The highest BCUT2D eigenvalue weighted by atomic mass is 15.2. The second-order valence-electron chi connectivity index (χ2n) is 6.03. The summed E-state index contributed by atoms with van der Waals surface area (Å²) in [5.41, 5.74) is 2.69. The van der Waals surface area contributed by atoms with Crippen molar-refractivity contribution in [1.29, 1.82) is 0 Å². The van der Waals surface area contributed by atoms with Gasteiger partial charge in [0.15, 0.2) is 0 Å². The summed E-state index contributed by atoms with van der Waals surface area (Å²) in [4.78, 5) is 2.52. The van der Waals surface area contributed by atoms with Crippen LogP contribution in [0.15, 0.2) is 24.3 Å². The molecule has 0 heterocycles. The summed E-state index contributed by atoms with van der Waals surface area (Å²) in [6.07, 6.45) is 2.74. The fraction of sp³-hybridized carbons (Fsp3) is 0.647. The highest BCUT2D eigenvalue weighted by molar-refractivity contribution is 5.49. The van der Waals surface area contributed by atoms with Gasteiger partial charge < -0.3 is 10.2 Å². The van der Waals surface area contributed by atoms with Gasteiger partial charge in [-0.2, -0.15) is 0 Å². The van der Waals surface area contributed by atoms with Gasteiger partial charge in [-0.05, 0) is 63.8 Å². The van der Waals surface area contributed by atoms with E-state index in [0.717, 1.165) is 19.1 Å². The Bertz CT molecular complexity index is 398. The molecule has 2 atom stereocenters. The lowest BCUT2D eigenvalue weighted by Gasteiger charge is -2.34. The zero-order chi connectivity index (χ0) is 13.8. The smallest absolute Gasteiger partial charge is 0.0371 e. The van der Waals surface area contributed by atoms with E-state index >= 15 is 0 Å². The van der Waals surface area contributed by atoms with Gasteiger partial charge >= 0.3 is 0 Å². The van der Waals surface area contributed by atoms with Crippen LogP contribution in [0.5, 0.6) is 0 Å². The minimum atomic E-state index is 0.568. The summed E-state index contributed by atoms with van der Waals surface area (Å²) in [5, 5.41) is 3.65. The number of nitrogens with one attached hydrogen (secondary N) is 1. The fourth-order valence-corrected chi connectivity index (χ4v) is 2.63. The predicted octanol–water partition coefficient (Wildman–Crippen LogP) is 3.60. The van der Waals surface area contributed by atoms with E-state index in [0.29, 0.717) is 12.0 Å². The third-order valence-corrected chi connectivity index (χ3v) is 4.29. The molecule has 2 heteroatoms. The van der Waals surface area contributed by atoms with Crippen LogP contribution in [0.2, 0.25) is 0 Å². The summed E-state index contributed by atoms with van der Waals surface area (Å²) in [5.74, 6) is 0.668. The molecule has 19 heavy (non-hydrogen) atoms. The van der Waals surface area contributed by atoms with Crippen LogP contribution < -0.4 is 10.2 Å². The molecule has 1 aliphatic rings. The van der Waals surface area contributed by atoms with Crippen LogP contribution in [0.3, 0.4) is 0 Å². The van der Waals surface area contributed by atoms with Crippen LogP contribution in [-0.2, 0) is 0 Å². The first-order valence-corrected chi connectivity index (χ1v) is 7.68.